The lowest BCUT2D eigenvalue weighted by atomic mass is 9.62. The van der Waals surface area contributed by atoms with Crippen LogP contribution < -0.4 is 10.9 Å². The molecule has 0 bridgehead atoms. The largest absolute Gasteiger partial charge is 0.207 e. The molecule has 0 aliphatic rings. The maximum absolute atomic E-state index is 13.7. The highest BCUT2D eigenvalue weighted by Crippen LogP contribution is 2.19. The van der Waals surface area contributed by atoms with E-state index >= 15 is 0 Å². The molecular weight excluding hydrogens is 331 g/mol. The maximum atomic E-state index is 13.7. The summed E-state index contributed by atoms with van der Waals surface area (Å²) in [6.45, 7) is 1.49. The molecule has 0 nitrogen and oxygen atoms in total. The topological polar surface area (TPSA) is 0 Å². The van der Waals surface area contributed by atoms with Crippen molar-refractivity contribution in [1.29, 1.82) is 0 Å². The Balaban J connectivity index is 2.71. The van der Waals surface area contributed by atoms with Crippen LogP contribution in [-0.4, -0.2) is 7.28 Å². The Hall–Kier alpha value is -2.06. The van der Waals surface area contributed by atoms with Gasteiger partial charge in [0.1, 0.15) is 0 Å². The Morgan fingerprint density at radius 3 is 0.870 bits per heavy atom. The highest BCUT2D eigenvalue weighted by Gasteiger charge is 2.29. The Morgan fingerprint density at radius 2 is 0.652 bits per heavy atom. The summed E-state index contributed by atoms with van der Waals surface area (Å²) in [5, 5.41) is 0. The van der Waals surface area contributed by atoms with Gasteiger partial charge < -0.3 is 0 Å². The van der Waals surface area contributed by atoms with Gasteiger partial charge in [-0.3, -0.25) is 0 Å². The lowest BCUT2D eigenvalue weighted by molar-refractivity contribution is 0.451. The Labute approximate surface area is 126 Å². The van der Waals surface area contributed by atoms with E-state index < -0.39 is 68.6 Å². The molecule has 0 amide bonds. The van der Waals surface area contributed by atoms with Crippen LogP contribution in [0.4, 0.5) is 35.1 Å². The van der Waals surface area contributed by atoms with Gasteiger partial charge in [-0.15, -0.1) is 0 Å². The second-order valence-electron chi connectivity index (χ2n) is 4.73. The summed E-state index contributed by atoms with van der Waals surface area (Å²) < 4.78 is 108. The van der Waals surface area contributed by atoms with E-state index in [1.807, 2.05) is 0 Å². The molecule has 23 heavy (non-hydrogen) atoms. The van der Waals surface area contributed by atoms with Crippen molar-refractivity contribution in [3.63, 3.8) is 0 Å². The fourth-order valence-corrected chi connectivity index (χ4v) is 1.91. The van der Waals surface area contributed by atoms with Gasteiger partial charge in [0.25, 0.3) is 0 Å². The van der Waals surface area contributed by atoms with Crippen molar-refractivity contribution in [3.8, 4) is 0 Å². The molecule has 0 spiro atoms. The number of hydrogen-bond acceptors (Lipinski definition) is 0. The van der Waals surface area contributed by atoms with E-state index in [0.717, 1.165) is 13.8 Å². The quantitative estimate of drug-likeness (QED) is 0.449. The molecule has 0 N–H and O–H groups in total. The van der Waals surface area contributed by atoms with E-state index in [0.29, 0.717) is 0 Å². The van der Waals surface area contributed by atoms with Gasteiger partial charge in [-0.1, -0.05) is 0 Å². The molecule has 121 valence electrons. The Bertz CT molecular complexity index is 690. The zero-order valence-electron chi connectivity index (χ0n) is 11.6. The molecule has 1 radical (unpaired) electrons. The molecule has 0 unspecified atom stereocenters. The lowest BCUT2D eigenvalue weighted by Gasteiger charge is -2.12. The molecule has 0 saturated carbocycles. The first kappa shape index (κ1) is 17.3. The fraction of sp³-hybridized carbons (Fsp3) is 0.143. The molecule has 0 saturated heterocycles. The Morgan fingerprint density at radius 1 is 0.435 bits per heavy atom. The summed E-state index contributed by atoms with van der Waals surface area (Å²) >= 11 is 0. The summed E-state index contributed by atoms with van der Waals surface area (Å²) in [7, 11) is -0.0352. The third-order valence-electron chi connectivity index (χ3n) is 3.32. The van der Waals surface area contributed by atoms with Gasteiger partial charge in [0.05, 0.1) is 0 Å². The normalized spacial score (nSPS) is 11.0. The summed E-state index contributed by atoms with van der Waals surface area (Å²) in [5.74, 6) is -14.9. The summed E-state index contributed by atoms with van der Waals surface area (Å²) in [6, 6.07) is 0. The summed E-state index contributed by atoms with van der Waals surface area (Å²) in [6.07, 6.45) is 0. The lowest BCUT2D eigenvalue weighted by Crippen LogP contribution is -2.39. The van der Waals surface area contributed by atoms with Crippen LogP contribution in [-0.2, 0) is 0 Å². The van der Waals surface area contributed by atoms with Crippen LogP contribution in [0.3, 0.4) is 0 Å². The average molecular weight is 337 g/mol. The average Bonchev–Trinajstić information content (AvgIpc) is 2.54. The van der Waals surface area contributed by atoms with Crippen LogP contribution in [0.25, 0.3) is 0 Å². The van der Waals surface area contributed by atoms with Gasteiger partial charge in [-0.05, 0) is 24.8 Å². The minimum absolute atomic E-state index is 0.0352. The van der Waals surface area contributed by atoms with Gasteiger partial charge in [-0.25, -0.2) is 35.1 Å². The predicted octanol–water partition coefficient (Wildman–Crippen LogP) is 3.07. The maximum Gasteiger partial charge on any atom is 0.207 e. The van der Waals surface area contributed by atoms with E-state index in [1.165, 1.54) is 0 Å². The van der Waals surface area contributed by atoms with E-state index in [4.69, 9.17) is 0 Å². The van der Waals surface area contributed by atoms with Crippen molar-refractivity contribution in [2.45, 2.75) is 13.8 Å². The monoisotopic (exact) mass is 337 g/mol. The van der Waals surface area contributed by atoms with Crippen LogP contribution in [0.15, 0.2) is 0 Å². The van der Waals surface area contributed by atoms with Crippen LogP contribution in [0.5, 0.6) is 0 Å². The van der Waals surface area contributed by atoms with Crippen LogP contribution in [0.2, 0.25) is 0 Å². The van der Waals surface area contributed by atoms with Crippen molar-refractivity contribution in [2.24, 2.45) is 0 Å². The molecule has 2 aromatic carbocycles. The number of halogens is 8. The SMILES string of the molecule is Cc1c(F)c(F)c([B]c2c(F)c(F)c(C)c(F)c2F)c(F)c1F. The predicted molar refractivity (Wildman–Crippen MR) is 67.0 cm³/mol. The van der Waals surface area contributed by atoms with Crippen molar-refractivity contribution >= 4 is 18.2 Å². The highest BCUT2D eigenvalue weighted by molar-refractivity contribution is 6.67. The molecule has 0 aliphatic carbocycles. The van der Waals surface area contributed by atoms with E-state index in [9.17, 15) is 35.1 Å². The van der Waals surface area contributed by atoms with Crippen molar-refractivity contribution in [1.82, 2.24) is 0 Å². The van der Waals surface area contributed by atoms with Crippen molar-refractivity contribution in [3.05, 3.63) is 57.7 Å². The van der Waals surface area contributed by atoms with Gasteiger partial charge in [-0.2, -0.15) is 0 Å². The van der Waals surface area contributed by atoms with Gasteiger partial charge in [0.2, 0.25) is 7.28 Å². The molecule has 0 heterocycles. The first-order valence-electron chi connectivity index (χ1n) is 6.09. The number of hydrogen-bond donors (Lipinski definition) is 0. The molecule has 0 atom stereocenters. The smallest absolute Gasteiger partial charge is 0.204 e. The standard InChI is InChI=1S/C14H6BF8/c1-3-7(16)11(20)5(12(21)8(3)17)15-6-13(22)9(18)4(2)10(19)14(6)23/h1-2H3. The summed E-state index contributed by atoms with van der Waals surface area (Å²) in [4.78, 5) is 0. The second kappa shape index (κ2) is 5.86. The highest BCUT2D eigenvalue weighted by atomic mass is 19.2. The molecule has 9 heteroatoms. The van der Waals surface area contributed by atoms with Gasteiger partial charge in [0, 0.05) is 11.1 Å². The molecule has 2 rings (SSSR count). The molecule has 2 aromatic rings. The molecule has 0 aromatic heterocycles. The van der Waals surface area contributed by atoms with Gasteiger partial charge in [0.15, 0.2) is 46.5 Å². The van der Waals surface area contributed by atoms with Crippen LogP contribution in [0.1, 0.15) is 11.1 Å². The minimum Gasteiger partial charge on any atom is -0.204 e. The number of rotatable bonds is 2. The molecule has 0 aliphatic heterocycles. The summed E-state index contributed by atoms with van der Waals surface area (Å²) in [5.41, 5.74) is -4.96. The first-order valence-corrected chi connectivity index (χ1v) is 6.09. The van der Waals surface area contributed by atoms with Crippen molar-refractivity contribution < 1.29 is 35.1 Å². The van der Waals surface area contributed by atoms with E-state index in [-0.39, 0.29) is 7.28 Å². The Kier molecular flexibility index (Phi) is 4.41. The van der Waals surface area contributed by atoms with E-state index in [2.05, 4.69) is 0 Å². The number of benzene rings is 2. The molecule has 0 fully saturated rings. The minimum atomic E-state index is -1.94. The first-order chi connectivity index (χ1) is 10.6. The third-order valence-corrected chi connectivity index (χ3v) is 3.32. The molecular formula is C14H6BF8. The fourth-order valence-electron chi connectivity index (χ4n) is 1.91. The van der Waals surface area contributed by atoms with Gasteiger partial charge >= 0.3 is 0 Å². The van der Waals surface area contributed by atoms with E-state index in [1.54, 1.807) is 0 Å². The van der Waals surface area contributed by atoms with Crippen LogP contribution >= 0.6 is 0 Å². The van der Waals surface area contributed by atoms with Crippen molar-refractivity contribution in [2.75, 3.05) is 0 Å². The third kappa shape index (κ3) is 2.57. The zero-order valence-corrected chi connectivity index (χ0v) is 11.6. The zero-order chi connectivity index (χ0) is 17.6. The van der Waals surface area contributed by atoms with Crippen LogP contribution in [0, 0.1) is 60.4 Å². The second-order valence-corrected chi connectivity index (χ2v) is 4.73.